The van der Waals surface area contributed by atoms with Crippen molar-refractivity contribution in [3.63, 3.8) is 0 Å². The molecular weight excluding hydrogens is 406 g/mol. The Morgan fingerprint density at radius 3 is 2.67 bits per heavy atom. The minimum atomic E-state index is -3.41. The summed E-state index contributed by atoms with van der Waals surface area (Å²) >= 11 is 0. The van der Waals surface area contributed by atoms with Gasteiger partial charge in [-0.3, -0.25) is 4.99 Å². The molecule has 1 aliphatic carbocycles. The lowest BCUT2D eigenvalue weighted by atomic mass is 9.64. The quantitative estimate of drug-likeness (QED) is 0.372. The molecule has 3 rings (SSSR count). The fourth-order valence-electron chi connectivity index (χ4n) is 4.00. The van der Waals surface area contributed by atoms with Crippen molar-refractivity contribution in [3.8, 4) is 0 Å². The molecule has 0 spiro atoms. The molecule has 2 unspecified atom stereocenters. The Hall–Kier alpha value is -1.65. The highest BCUT2D eigenvalue weighted by Crippen LogP contribution is 2.43. The Morgan fingerprint density at radius 2 is 2.10 bits per heavy atom. The van der Waals surface area contributed by atoms with Crippen LogP contribution in [0.1, 0.15) is 45.7 Å². The van der Waals surface area contributed by atoms with Crippen molar-refractivity contribution in [3.05, 3.63) is 18.0 Å². The molecule has 1 aliphatic heterocycles. The first-order chi connectivity index (χ1) is 14.3. The van der Waals surface area contributed by atoms with E-state index in [1.165, 1.54) is 10.6 Å². The Bertz CT molecular complexity index is 801. The number of guanidine groups is 1. The number of rotatable bonds is 8. The van der Waals surface area contributed by atoms with E-state index >= 15 is 0 Å². The lowest BCUT2D eigenvalue weighted by molar-refractivity contribution is -0.114. The lowest BCUT2D eigenvalue weighted by Crippen LogP contribution is -2.65. The third-order valence-electron chi connectivity index (χ3n) is 6.26. The Kier molecular flexibility index (Phi) is 7.41. The molecule has 1 aromatic rings. The molecule has 10 heteroatoms. The van der Waals surface area contributed by atoms with Gasteiger partial charge in [-0.25, -0.2) is 8.42 Å². The van der Waals surface area contributed by atoms with Crippen molar-refractivity contribution in [1.29, 1.82) is 0 Å². The summed E-state index contributed by atoms with van der Waals surface area (Å²) in [6.07, 6.45) is 4.85. The fourth-order valence-corrected chi connectivity index (χ4v) is 5.43. The zero-order valence-corrected chi connectivity index (χ0v) is 19.3. The SMILES string of the molecule is CCCCOC1CC(NC(=NC)N2CCN(S(=O)(=O)Cc3ccon3)CC2)C1(C)C. The smallest absolute Gasteiger partial charge is 0.220 e. The molecule has 0 radical (unpaired) electrons. The maximum atomic E-state index is 12.6. The summed E-state index contributed by atoms with van der Waals surface area (Å²) in [6.45, 7) is 9.50. The predicted molar refractivity (Wildman–Crippen MR) is 116 cm³/mol. The number of aliphatic imine (C=N–C) groups is 1. The first kappa shape index (κ1) is 23.0. The average Bonchev–Trinajstić information content (AvgIpc) is 3.22. The van der Waals surface area contributed by atoms with Crippen molar-refractivity contribution >= 4 is 16.0 Å². The van der Waals surface area contributed by atoms with E-state index in [4.69, 9.17) is 9.26 Å². The van der Waals surface area contributed by atoms with Crippen LogP contribution >= 0.6 is 0 Å². The number of piperazine rings is 1. The first-order valence-electron chi connectivity index (χ1n) is 10.7. The van der Waals surface area contributed by atoms with Gasteiger partial charge in [-0.2, -0.15) is 4.31 Å². The minimum Gasteiger partial charge on any atom is -0.378 e. The second-order valence-electron chi connectivity index (χ2n) is 8.65. The van der Waals surface area contributed by atoms with E-state index in [1.54, 1.807) is 13.1 Å². The second-order valence-corrected chi connectivity index (χ2v) is 10.6. The van der Waals surface area contributed by atoms with Gasteiger partial charge in [0.1, 0.15) is 12.0 Å². The summed E-state index contributed by atoms with van der Waals surface area (Å²) < 4.78 is 37.6. The van der Waals surface area contributed by atoms with Crippen LogP contribution in [0.15, 0.2) is 21.8 Å². The molecule has 1 aromatic heterocycles. The molecule has 2 atom stereocenters. The molecule has 2 aliphatic rings. The monoisotopic (exact) mass is 441 g/mol. The normalized spacial score (nSPS) is 25.2. The van der Waals surface area contributed by atoms with Gasteiger partial charge in [0.2, 0.25) is 10.0 Å². The number of nitrogens with zero attached hydrogens (tertiary/aromatic N) is 4. The summed E-state index contributed by atoms with van der Waals surface area (Å²) in [5.41, 5.74) is 0.463. The highest BCUT2D eigenvalue weighted by molar-refractivity contribution is 7.88. The molecule has 2 fully saturated rings. The van der Waals surface area contributed by atoms with Crippen LogP contribution in [0.2, 0.25) is 0 Å². The molecule has 9 nitrogen and oxygen atoms in total. The Labute approximate surface area is 179 Å². The van der Waals surface area contributed by atoms with Gasteiger partial charge in [-0.15, -0.1) is 0 Å². The summed E-state index contributed by atoms with van der Waals surface area (Å²) in [5.74, 6) is 0.695. The Balaban J connectivity index is 1.50. The van der Waals surface area contributed by atoms with Gasteiger partial charge in [0.15, 0.2) is 5.96 Å². The van der Waals surface area contributed by atoms with Crippen LogP contribution in [0.25, 0.3) is 0 Å². The summed E-state index contributed by atoms with van der Waals surface area (Å²) in [5, 5.41) is 7.29. The molecule has 0 aromatic carbocycles. The van der Waals surface area contributed by atoms with Gasteiger partial charge >= 0.3 is 0 Å². The second kappa shape index (κ2) is 9.65. The largest absolute Gasteiger partial charge is 0.378 e. The predicted octanol–water partition coefficient (Wildman–Crippen LogP) is 1.68. The van der Waals surface area contributed by atoms with Crippen LogP contribution in [0.5, 0.6) is 0 Å². The summed E-state index contributed by atoms with van der Waals surface area (Å²) in [4.78, 5) is 6.58. The molecule has 0 bridgehead atoms. The number of hydrogen-bond acceptors (Lipinski definition) is 6. The highest BCUT2D eigenvalue weighted by Gasteiger charge is 2.49. The number of unbranched alkanes of at least 4 members (excludes halogenated alkanes) is 1. The molecular formula is C20H35N5O4S. The van der Waals surface area contributed by atoms with E-state index in [1.807, 2.05) is 0 Å². The van der Waals surface area contributed by atoms with E-state index in [-0.39, 0.29) is 23.3 Å². The Morgan fingerprint density at radius 1 is 1.37 bits per heavy atom. The molecule has 1 saturated heterocycles. The molecule has 2 heterocycles. The number of hydrogen-bond donors (Lipinski definition) is 1. The van der Waals surface area contributed by atoms with Crippen LogP contribution in [-0.4, -0.2) is 80.7 Å². The minimum absolute atomic E-state index is 0.0342. The van der Waals surface area contributed by atoms with Crippen LogP contribution in [0, 0.1) is 5.41 Å². The van der Waals surface area contributed by atoms with Gasteiger partial charge in [0.25, 0.3) is 0 Å². The van der Waals surface area contributed by atoms with Gasteiger partial charge < -0.3 is 19.5 Å². The molecule has 0 amide bonds. The summed E-state index contributed by atoms with van der Waals surface area (Å²) in [6, 6.07) is 1.87. The molecule has 1 N–H and O–H groups in total. The van der Waals surface area contributed by atoms with Gasteiger partial charge in [-0.05, 0) is 12.8 Å². The van der Waals surface area contributed by atoms with Crippen molar-refractivity contribution in [2.45, 2.75) is 57.9 Å². The average molecular weight is 442 g/mol. The third-order valence-corrected chi connectivity index (χ3v) is 8.08. The van der Waals surface area contributed by atoms with E-state index in [0.29, 0.717) is 31.9 Å². The van der Waals surface area contributed by atoms with Gasteiger partial charge in [0, 0.05) is 57.4 Å². The number of nitrogens with one attached hydrogen (secondary N) is 1. The first-order valence-corrected chi connectivity index (χ1v) is 12.4. The lowest BCUT2D eigenvalue weighted by Gasteiger charge is -2.52. The van der Waals surface area contributed by atoms with E-state index in [0.717, 1.165) is 31.8 Å². The van der Waals surface area contributed by atoms with Crippen LogP contribution < -0.4 is 5.32 Å². The topological polar surface area (TPSA) is 100 Å². The highest BCUT2D eigenvalue weighted by atomic mass is 32.2. The third kappa shape index (κ3) is 5.15. The van der Waals surface area contributed by atoms with Gasteiger partial charge in [-0.1, -0.05) is 32.3 Å². The standard InChI is InChI=1S/C20H35N5O4S/c1-5-6-12-28-18-14-17(20(18,2)3)22-19(21-4)24-8-10-25(11-9-24)30(26,27)15-16-7-13-29-23-16/h7,13,17-18H,5-6,8-12,14-15H2,1-4H3,(H,21,22). The maximum absolute atomic E-state index is 12.6. The van der Waals surface area contributed by atoms with E-state index in [2.05, 4.69) is 41.1 Å². The number of sulfonamides is 1. The van der Waals surface area contributed by atoms with Gasteiger partial charge in [0.05, 0.1) is 11.8 Å². The van der Waals surface area contributed by atoms with Crippen molar-refractivity contribution in [2.24, 2.45) is 10.4 Å². The molecule has 1 saturated carbocycles. The van der Waals surface area contributed by atoms with Crippen LogP contribution in [-0.2, 0) is 20.5 Å². The zero-order chi connectivity index (χ0) is 21.8. The zero-order valence-electron chi connectivity index (χ0n) is 18.5. The van der Waals surface area contributed by atoms with E-state index < -0.39 is 10.0 Å². The summed E-state index contributed by atoms with van der Waals surface area (Å²) in [7, 11) is -1.63. The van der Waals surface area contributed by atoms with Crippen molar-refractivity contribution < 1.29 is 17.7 Å². The fraction of sp³-hybridized carbons (Fsp3) is 0.800. The molecule has 30 heavy (non-hydrogen) atoms. The van der Waals surface area contributed by atoms with Crippen LogP contribution in [0.4, 0.5) is 0 Å². The number of aromatic nitrogens is 1. The van der Waals surface area contributed by atoms with E-state index in [9.17, 15) is 8.42 Å². The van der Waals surface area contributed by atoms with Crippen LogP contribution in [0.3, 0.4) is 0 Å². The maximum Gasteiger partial charge on any atom is 0.220 e. The van der Waals surface area contributed by atoms with Crippen molar-refractivity contribution in [2.75, 3.05) is 39.8 Å². The molecule has 170 valence electrons. The number of ether oxygens (including phenoxy) is 1. The van der Waals surface area contributed by atoms with Crippen molar-refractivity contribution in [1.82, 2.24) is 19.7 Å².